The number of aromatic nitrogens is 2. The van der Waals surface area contributed by atoms with Gasteiger partial charge in [-0.15, -0.1) is 10.2 Å². The highest BCUT2D eigenvalue weighted by molar-refractivity contribution is 7.99. The Morgan fingerprint density at radius 3 is 3.00 bits per heavy atom. The van der Waals surface area contributed by atoms with Gasteiger partial charge in [0, 0.05) is 11.7 Å². The van der Waals surface area contributed by atoms with Gasteiger partial charge in [-0.1, -0.05) is 30.8 Å². The summed E-state index contributed by atoms with van der Waals surface area (Å²) >= 11 is 1.42. The van der Waals surface area contributed by atoms with Gasteiger partial charge in [-0.2, -0.15) is 0 Å². The van der Waals surface area contributed by atoms with Crippen LogP contribution in [0.3, 0.4) is 0 Å². The van der Waals surface area contributed by atoms with Crippen molar-refractivity contribution in [1.29, 1.82) is 0 Å². The van der Waals surface area contributed by atoms with E-state index in [2.05, 4.69) is 10.2 Å². The van der Waals surface area contributed by atoms with Crippen molar-refractivity contribution in [3.05, 3.63) is 41.5 Å². The number of hydrogen-bond acceptors (Lipinski definition) is 6. The molecule has 1 atom stereocenters. The van der Waals surface area contributed by atoms with Crippen molar-refractivity contribution in [2.75, 3.05) is 6.61 Å². The lowest BCUT2D eigenvalue weighted by molar-refractivity contribution is -0.143. The quantitative estimate of drug-likeness (QED) is 0.541. The van der Waals surface area contributed by atoms with Gasteiger partial charge in [0.2, 0.25) is 5.89 Å². The summed E-state index contributed by atoms with van der Waals surface area (Å²) in [5.41, 5.74) is 0.778. The Morgan fingerprint density at radius 1 is 1.43 bits per heavy atom. The predicted octanol–water partition coefficient (Wildman–Crippen LogP) is 3.62. The van der Waals surface area contributed by atoms with E-state index in [9.17, 15) is 9.18 Å². The minimum atomic E-state index is -0.288. The monoisotopic (exact) mass is 338 g/mol. The molecule has 0 amide bonds. The Hall–Kier alpha value is -1.89. The first-order chi connectivity index (χ1) is 11.1. The topological polar surface area (TPSA) is 65.2 Å². The molecule has 7 heteroatoms. The third-order valence-corrected chi connectivity index (χ3v) is 4.06. The number of rotatable bonds is 8. The third-order valence-electron chi connectivity index (χ3n) is 3.06. The molecule has 0 N–H and O–H groups in total. The molecule has 1 heterocycles. The summed E-state index contributed by atoms with van der Waals surface area (Å²) in [6.45, 7) is 4.17. The van der Waals surface area contributed by atoms with Crippen LogP contribution in [-0.4, -0.2) is 28.0 Å². The van der Waals surface area contributed by atoms with Crippen molar-refractivity contribution in [2.24, 2.45) is 0 Å². The summed E-state index contributed by atoms with van der Waals surface area (Å²) in [7, 11) is 0. The van der Waals surface area contributed by atoms with Crippen LogP contribution in [0.2, 0.25) is 0 Å². The van der Waals surface area contributed by atoms with E-state index in [0.29, 0.717) is 37.0 Å². The van der Waals surface area contributed by atoms with Crippen LogP contribution in [0, 0.1) is 5.82 Å². The molecule has 0 spiro atoms. The molecule has 5 nitrogen and oxygen atoms in total. The molecule has 23 heavy (non-hydrogen) atoms. The maximum atomic E-state index is 13.1. The standard InChI is InChI=1S/C16H19FN2O3S/c1-3-21-15(20)8-7-11(2)23-16-19-18-14(22-16)10-12-5-4-6-13(17)9-12/h4-6,9,11H,3,7-8,10H2,1-2H3/t11-/m1/s1. The summed E-state index contributed by atoms with van der Waals surface area (Å²) in [6, 6.07) is 6.29. The Morgan fingerprint density at radius 2 is 2.26 bits per heavy atom. The lowest BCUT2D eigenvalue weighted by atomic mass is 10.1. The van der Waals surface area contributed by atoms with Crippen molar-refractivity contribution in [2.45, 2.75) is 43.6 Å². The molecular formula is C16H19FN2O3S. The average molecular weight is 338 g/mol. The lowest BCUT2D eigenvalue weighted by Gasteiger charge is -2.07. The van der Waals surface area contributed by atoms with Gasteiger partial charge in [0.15, 0.2) is 0 Å². The molecule has 2 aromatic rings. The number of carbonyl (C=O) groups excluding carboxylic acids is 1. The number of thioether (sulfide) groups is 1. The molecule has 1 aromatic carbocycles. The zero-order valence-corrected chi connectivity index (χ0v) is 13.9. The Kier molecular flexibility index (Phi) is 6.58. The SMILES string of the molecule is CCOC(=O)CC[C@@H](C)Sc1nnc(Cc2cccc(F)c2)o1. The number of esters is 1. The molecule has 1 aromatic heterocycles. The van der Waals surface area contributed by atoms with Crippen molar-refractivity contribution in [3.8, 4) is 0 Å². The zero-order chi connectivity index (χ0) is 16.7. The van der Waals surface area contributed by atoms with Gasteiger partial charge in [0.05, 0.1) is 13.0 Å². The van der Waals surface area contributed by atoms with Crippen molar-refractivity contribution < 1.29 is 18.3 Å². The highest BCUT2D eigenvalue weighted by Crippen LogP contribution is 2.25. The second-order valence-electron chi connectivity index (χ2n) is 5.04. The van der Waals surface area contributed by atoms with Crippen LogP contribution in [0.4, 0.5) is 4.39 Å². The van der Waals surface area contributed by atoms with E-state index in [4.69, 9.17) is 9.15 Å². The molecule has 0 aliphatic rings. The van der Waals surface area contributed by atoms with E-state index in [1.54, 1.807) is 13.0 Å². The van der Waals surface area contributed by atoms with E-state index in [0.717, 1.165) is 5.56 Å². The van der Waals surface area contributed by atoms with Crippen LogP contribution in [0.1, 0.15) is 38.1 Å². The van der Waals surface area contributed by atoms with Gasteiger partial charge in [-0.05, 0) is 31.0 Å². The van der Waals surface area contributed by atoms with Crippen LogP contribution in [0.5, 0.6) is 0 Å². The molecule has 0 saturated carbocycles. The molecule has 0 bridgehead atoms. The van der Waals surface area contributed by atoms with Crippen LogP contribution in [-0.2, 0) is 16.0 Å². The number of halogens is 1. The number of hydrogen-bond donors (Lipinski definition) is 0. The van der Waals surface area contributed by atoms with Crippen LogP contribution >= 0.6 is 11.8 Å². The van der Waals surface area contributed by atoms with Crippen LogP contribution < -0.4 is 0 Å². The van der Waals surface area contributed by atoms with Gasteiger partial charge >= 0.3 is 5.97 Å². The molecule has 0 aliphatic heterocycles. The highest BCUT2D eigenvalue weighted by Gasteiger charge is 2.14. The van der Waals surface area contributed by atoms with Crippen molar-refractivity contribution >= 4 is 17.7 Å². The summed E-state index contributed by atoms with van der Waals surface area (Å²) < 4.78 is 23.6. The largest absolute Gasteiger partial charge is 0.466 e. The van der Waals surface area contributed by atoms with Crippen LogP contribution in [0.25, 0.3) is 0 Å². The summed E-state index contributed by atoms with van der Waals surface area (Å²) in [5, 5.41) is 8.55. The van der Waals surface area contributed by atoms with Gasteiger partial charge in [-0.3, -0.25) is 4.79 Å². The fourth-order valence-corrected chi connectivity index (χ4v) is 2.78. The molecule has 0 unspecified atom stereocenters. The Balaban J connectivity index is 1.83. The lowest BCUT2D eigenvalue weighted by Crippen LogP contribution is -2.07. The molecule has 0 saturated heterocycles. The molecule has 0 radical (unpaired) electrons. The first kappa shape index (κ1) is 17.5. The smallest absolute Gasteiger partial charge is 0.305 e. The number of nitrogens with zero attached hydrogens (tertiary/aromatic N) is 2. The van der Waals surface area contributed by atoms with Crippen molar-refractivity contribution in [3.63, 3.8) is 0 Å². The first-order valence-corrected chi connectivity index (χ1v) is 8.34. The van der Waals surface area contributed by atoms with E-state index < -0.39 is 0 Å². The first-order valence-electron chi connectivity index (χ1n) is 7.46. The highest BCUT2D eigenvalue weighted by atomic mass is 32.2. The van der Waals surface area contributed by atoms with Gasteiger partial charge in [0.1, 0.15) is 5.82 Å². The minimum Gasteiger partial charge on any atom is -0.466 e. The maximum absolute atomic E-state index is 13.1. The number of benzene rings is 1. The molecule has 2 rings (SSSR count). The average Bonchev–Trinajstić information content (AvgIpc) is 2.92. The predicted molar refractivity (Wildman–Crippen MR) is 84.7 cm³/mol. The Bertz CT molecular complexity index is 648. The normalized spacial score (nSPS) is 12.1. The summed E-state index contributed by atoms with van der Waals surface area (Å²) in [4.78, 5) is 11.3. The van der Waals surface area contributed by atoms with E-state index in [1.165, 1.54) is 23.9 Å². The Labute approximate surface area is 138 Å². The second kappa shape index (κ2) is 8.67. The van der Waals surface area contributed by atoms with E-state index in [1.807, 2.05) is 13.0 Å². The van der Waals surface area contributed by atoms with Crippen LogP contribution in [0.15, 0.2) is 33.9 Å². The van der Waals surface area contributed by atoms with E-state index >= 15 is 0 Å². The molecule has 0 fully saturated rings. The fourth-order valence-electron chi connectivity index (χ4n) is 1.96. The maximum Gasteiger partial charge on any atom is 0.305 e. The van der Waals surface area contributed by atoms with Gasteiger partial charge < -0.3 is 9.15 Å². The fraction of sp³-hybridized carbons (Fsp3) is 0.438. The summed E-state index contributed by atoms with van der Waals surface area (Å²) in [6.07, 6.45) is 1.43. The summed E-state index contributed by atoms with van der Waals surface area (Å²) in [5.74, 6) is -0.0443. The zero-order valence-electron chi connectivity index (χ0n) is 13.1. The third kappa shape index (κ3) is 6.02. The minimum absolute atomic E-state index is 0.155. The molecular weight excluding hydrogens is 319 g/mol. The molecule has 0 aliphatic carbocycles. The molecule has 124 valence electrons. The number of ether oxygens (including phenoxy) is 1. The van der Waals surface area contributed by atoms with Crippen molar-refractivity contribution in [1.82, 2.24) is 10.2 Å². The number of carbonyl (C=O) groups is 1. The van der Waals surface area contributed by atoms with E-state index in [-0.39, 0.29) is 17.0 Å². The second-order valence-corrected chi connectivity index (χ2v) is 6.43. The van der Waals surface area contributed by atoms with Gasteiger partial charge in [0.25, 0.3) is 5.22 Å². The van der Waals surface area contributed by atoms with Gasteiger partial charge in [-0.25, -0.2) is 4.39 Å².